The van der Waals surface area contributed by atoms with Crippen LogP contribution >= 0.6 is 0 Å². The molecule has 3 nitrogen and oxygen atoms in total. The first-order valence-electron chi connectivity index (χ1n) is 6.13. The van der Waals surface area contributed by atoms with Gasteiger partial charge in [0.1, 0.15) is 6.07 Å². The first-order valence-corrected chi connectivity index (χ1v) is 6.13. The monoisotopic (exact) mass is 251 g/mol. The molecule has 0 aliphatic heterocycles. The number of rotatable bonds is 2. The van der Waals surface area contributed by atoms with Gasteiger partial charge >= 0.3 is 0 Å². The van der Waals surface area contributed by atoms with Crippen molar-refractivity contribution in [2.75, 3.05) is 17.7 Å². The van der Waals surface area contributed by atoms with E-state index in [1.54, 1.807) is 6.07 Å². The maximum Gasteiger partial charge on any atom is 0.101 e. The number of nitriles is 1. The largest absolute Gasteiger partial charge is 0.396 e. The highest BCUT2D eigenvalue weighted by Crippen LogP contribution is 2.31. The summed E-state index contributed by atoms with van der Waals surface area (Å²) in [4.78, 5) is 2.01. The second kappa shape index (κ2) is 5.03. The van der Waals surface area contributed by atoms with E-state index in [-0.39, 0.29) is 0 Å². The Kier molecular flexibility index (Phi) is 3.43. The van der Waals surface area contributed by atoms with Gasteiger partial charge in [0.2, 0.25) is 0 Å². The molecule has 0 aliphatic carbocycles. The van der Waals surface area contributed by atoms with Crippen LogP contribution < -0.4 is 10.6 Å². The fourth-order valence-electron chi connectivity index (χ4n) is 2.23. The minimum Gasteiger partial charge on any atom is -0.396 e. The van der Waals surface area contributed by atoms with E-state index in [0.717, 1.165) is 11.4 Å². The predicted molar refractivity (Wildman–Crippen MR) is 79.5 cm³/mol. The van der Waals surface area contributed by atoms with Gasteiger partial charge in [-0.2, -0.15) is 5.26 Å². The van der Waals surface area contributed by atoms with Crippen LogP contribution in [0.4, 0.5) is 17.1 Å². The van der Waals surface area contributed by atoms with Crippen molar-refractivity contribution in [1.29, 1.82) is 5.26 Å². The molecule has 0 bridgehead atoms. The smallest absolute Gasteiger partial charge is 0.101 e. The van der Waals surface area contributed by atoms with Gasteiger partial charge in [0.15, 0.2) is 0 Å². The summed E-state index contributed by atoms with van der Waals surface area (Å²) in [7, 11) is 1.96. The van der Waals surface area contributed by atoms with E-state index < -0.39 is 0 Å². The Morgan fingerprint density at radius 1 is 1.11 bits per heavy atom. The van der Waals surface area contributed by atoms with Gasteiger partial charge in [0, 0.05) is 12.7 Å². The predicted octanol–water partition coefficient (Wildman–Crippen LogP) is 3.53. The van der Waals surface area contributed by atoms with Gasteiger partial charge in [-0.3, -0.25) is 0 Å². The van der Waals surface area contributed by atoms with Gasteiger partial charge < -0.3 is 10.6 Å². The Labute approximate surface area is 113 Å². The second-order valence-corrected chi connectivity index (χ2v) is 4.76. The van der Waals surface area contributed by atoms with Crippen molar-refractivity contribution in [1.82, 2.24) is 0 Å². The number of nitrogen functional groups attached to an aromatic ring is 1. The third kappa shape index (κ3) is 2.53. The van der Waals surface area contributed by atoms with E-state index in [4.69, 9.17) is 11.0 Å². The molecule has 0 amide bonds. The quantitative estimate of drug-likeness (QED) is 0.831. The highest BCUT2D eigenvalue weighted by molar-refractivity contribution is 5.78. The zero-order chi connectivity index (χ0) is 14.0. The molecule has 0 atom stereocenters. The molecule has 2 rings (SSSR count). The van der Waals surface area contributed by atoms with Gasteiger partial charge in [0.05, 0.1) is 16.9 Å². The van der Waals surface area contributed by atoms with E-state index in [2.05, 4.69) is 38.1 Å². The van der Waals surface area contributed by atoms with Crippen LogP contribution in [0.2, 0.25) is 0 Å². The van der Waals surface area contributed by atoms with E-state index in [1.807, 2.05) is 24.1 Å². The van der Waals surface area contributed by atoms with Crippen LogP contribution in [0.15, 0.2) is 36.4 Å². The number of para-hydroxylation sites is 1. The van der Waals surface area contributed by atoms with Gasteiger partial charge in [-0.05, 0) is 49.2 Å². The molecule has 0 saturated carbocycles. The average molecular weight is 251 g/mol. The van der Waals surface area contributed by atoms with E-state index >= 15 is 0 Å². The number of hydrogen-bond acceptors (Lipinski definition) is 3. The van der Waals surface area contributed by atoms with Crippen LogP contribution in [0.1, 0.15) is 16.7 Å². The van der Waals surface area contributed by atoms with Crippen molar-refractivity contribution >= 4 is 17.1 Å². The van der Waals surface area contributed by atoms with Crippen LogP contribution in [0.5, 0.6) is 0 Å². The van der Waals surface area contributed by atoms with Crippen LogP contribution in [0.25, 0.3) is 0 Å². The lowest BCUT2D eigenvalue weighted by molar-refractivity contribution is 1.19. The minimum absolute atomic E-state index is 0.508. The van der Waals surface area contributed by atoms with Crippen molar-refractivity contribution < 1.29 is 0 Å². The minimum atomic E-state index is 0.508. The lowest BCUT2D eigenvalue weighted by Crippen LogP contribution is -2.12. The molecule has 2 aromatic carbocycles. The van der Waals surface area contributed by atoms with E-state index in [1.165, 1.54) is 11.1 Å². The topological polar surface area (TPSA) is 53.0 Å². The zero-order valence-electron chi connectivity index (χ0n) is 11.4. The van der Waals surface area contributed by atoms with Crippen LogP contribution in [-0.2, 0) is 0 Å². The standard InChI is InChI=1S/C16H17N3/c1-11-7-12(2)9-14(8-11)19(3)15-6-4-5-13(10-17)16(15)18/h4-9H,18H2,1-3H3. The summed E-state index contributed by atoms with van der Waals surface area (Å²) in [5.74, 6) is 0. The van der Waals surface area contributed by atoms with Crippen molar-refractivity contribution in [3.63, 3.8) is 0 Å². The van der Waals surface area contributed by atoms with Crippen LogP contribution in [0.3, 0.4) is 0 Å². The van der Waals surface area contributed by atoms with Gasteiger partial charge in [-0.15, -0.1) is 0 Å². The van der Waals surface area contributed by atoms with Crippen molar-refractivity contribution in [3.8, 4) is 6.07 Å². The zero-order valence-corrected chi connectivity index (χ0v) is 11.4. The lowest BCUT2D eigenvalue weighted by Gasteiger charge is -2.22. The molecule has 19 heavy (non-hydrogen) atoms. The summed E-state index contributed by atoms with van der Waals surface area (Å²) in [6.45, 7) is 4.14. The number of benzene rings is 2. The molecule has 0 heterocycles. The van der Waals surface area contributed by atoms with Gasteiger partial charge in [-0.1, -0.05) is 12.1 Å². The molecule has 3 heteroatoms. The molecule has 0 unspecified atom stereocenters. The van der Waals surface area contributed by atoms with Crippen LogP contribution in [0, 0.1) is 25.2 Å². The maximum absolute atomic E-state index is 9.03. The number of nitrogens with zero attached hydrogens (tertiary/aromatic N) is 2. The number of aryl methyl sites for hydroxylation is 2. The first-order chi connectivity index (χ1) is 9.02. The number of hydrogen-bond donors (Lipinski definition) is 1. The van der Waals surface area contributed by atoms with Crippen molar-refractivity contribution in [2.24, 2.45) is 0 Å². The molecule has 0 fully saturated rings. The van der Waals surface area contributed by atoms with Gasteiger partial charge in [0.25, 0.3) is 0 Å². The molecular weight excluding hydrogens is 234 g/mol. The molecule has 0 spiro atoms. The highest BCUT2D eigenvalue weighted by atomic mass is 15.1. The van der Waals surface area contributed by atoms with E-state index in [9.17, 15) is 0 Å². The molecule has 96 valence electrons. The van der Waals surface area contributed by atoms with Crippen molar-refractivity contribution in [2.45, 2.75) is 13.8 Å². The number of nitrogens with two attached hydrogens (primary N) is 1. The second-order valence-electron chi connectivity index (χ2n) is 4.76. The summed E-state index contributed by atoms with van der Waals surface area (Å²) in [5.41, 5.74) is 11.4. The Hall–Kier alpha value is -2.47. The first kappa shape index (κ1) is 13.0. The lowest BCUT2D eigenvalue weighted by atomic mass is 10.1. The third-order valence-electron chi connectivity index (χ3n) is 3.16. The summed E-state index contributed by atoms with van der Waals surface area (Å²) < 4.78 is 0. The fraction of sp³-hybridized carbons (Fsp3) is 0.188. The molecule has 0 radical (unpaired) electrons. The Morgan fingerprint density at radius 3 is 2.32 bits per heavy atom. The Balaban J connectivity index is 2.50. The average Bonchev–Trinajstić information content (AvgIpc) is 2.37. The Bertz CT molecular complexity index is 633. The van der Waals surface area contributed by atoms with Crippen molar-refractivity contribution in [3.05, 3.63) is 53.1 Å². The normalized spacial score (nSPS) is 10.0. The third-order valence-corrected chi connectivity index (χ3v) is 3.16. The molecular formula is C16H17N3. The molecule has 0 aromatic heterocycles. The SMILES string of the molecule is Cc1cc(C)cc(N(C)c2cccc(C#N)c2N)c1. The van der Waals surface area contributed by atoms with Gasteiger partial charge in [-0.25, -0.2) is 0 Å². The highest BCUT2D eigenvalue weighted by Gasteiger charge is 2.11. The molecule has 0 saturated heterocycles. The van der Waals surface area contributed by atoms with E-state index in [0.29, 0.717) is 11.3 Å². The summed E-state index contributed by atoms with van der Waals surface area (Å²) in [5, 5.41) is 9.03. The summed E-state index contributed by atoms with van der Waals surface area (Å²) >= 11 is 0. The maximum atomic E-state index is 9.03. The summed E-state index contributed by atoms with van der Waals surface area (Å²) in [6, 6.07) is 14.0. The molecule has 2 N–H and O–H groups in total. The molecule has 0 aliphatic rings. The summed E-state index contributed by atoms with van der Waals surface area (Å²) in [6.07, 6.45) is 0. The van der Waals surface area contributed by atoms with Crippen LogP contribution in [-0.4, -0.2) is 7.05 Å². The Morgan fingerprint density at radius 2 is 1.74 bits per heavy atom. The fourth-order valence-corrected chi connectivity index (χ4v) is 2.23. The number of anilines is 3. The molecule has 2 aromatic rings.